The van der Waals surface area contributed by atoms with Crippen molar-refractivity contribution in [3.63, 3.8) is 0 Å². The van der Waals surface area contributed by atoms with E-state index in [1.807, 2.05) is 6.92 Å². The Labute approximate surface area is 129 Å². The summed E-state index contributed by atoms with van der Waals surface area (Å²) in [6.45, 7) is 3.88. The van der Waals surface area contributed by atoms with Crippen molar-refractivity contribution in [2.75, 3.05) is 6.61 Å². The molecule has 0 saturated carbocycles. The molecule has 3 nitrogen and oxygen atoms in total. The molecule has 5 heteroatoms. The minimum atomic E-state index is -0.771. The molecule has 0 N–H and O–H groups in total. The first kappa shape index (κ1) is 17.0. The maximum absolute atomic E-state index is 12.1. The van der Waals surface area contributed by atoms with E-state index in [0.717, 1.165) is 5.56 Å². The molecule has 0 fully saturated rings. The summed E-state index contributed by atoms with van der Waals surface area (Å²) in [5.74, 6) is -1.35. The fourth-order valence-corrected chi connectivity index (χ4v) is 2.22. The van der Waals surface area contributed by atoms with Gasteiger partial charge in [0.15, 0.2) is 0 Å². The predicted molar refractivity (Wildman–Crippen MR) is 80.2 cm³/mol. The summed E-state index contributed by atoms with van der Waals surface area (Å²) in [4.78, 5) is 24.0. The van der Waals surface area contributed by atoms with E-state index in [1.165, 1.54) is 0 Å². The van der Waals surface area contributed by atoms with Gasteiger partial charge < -0.3 is 4.74 Å². The molecule has 0 spiro atoms. The highest BCUT2D eigenvalue weighted by Gasteiger charge is 2.27. The highest BCUT2D eigenvalue weighted by atomic mass is 35.5. The zero-order chi connectivity index (χ0) is 15.1. The lowest BCUT2D eigenvalue weighted by molar-refractivity contribution is -0.151. The number of rotatable bonds is 7. The molecule has 1 aromatic carbocycles. The van der Waals surface area contributed by atoms with Crippen molar-refractivity contribution in [3.05, 3.63) is 33.8 Å². The minimum Gasteiger partial charge on any atom is -0.465 e. The van der Waals surface area contributed by atoms with Crippen LogP contribution in [0.25, 0.3) is 0 Å². The predicted octanol–water partition coefficient (Wildman–Crippen LogP) is 4.08. The summed E-state index contributed by atoms with van der Waals surface area (Å²) >= 11 is 11.8. The van der Waals surface area contributed by atoms with Gasteiger partial charge in [0, 0.05) is 6.42 Å². The molecule has 0 bridgehead atoms. The third-order valence-corrected chi connectivity index (χ3v) is 3.62. The molecule has 0 aliphatic rings. The Balaban J connectivity index is 2.90. The Morgan fingerprint density at radius 2 is 1.90 bits per heavy atom. The molecule has 0 aliphatic carbocycles. The molecule has 20 heavy (non-hydrogen) atoms. The third-order valence-electron chi connectivity index (χ3n) is 2.88. The standard InChI is InChI=1S/C15H18Cl2O3/c1-3-5-14(18)11(15(19)20-4-2)8-10-6-7-12(16)13(17)9-10/h6-7,9,11H,3-5,8H2,1-2H3. The Morgan fingerprint density at radius 3 is 2.45 bits per heavy atom. The largest absolute Gasteiger partial charge is 0.465 e. The average Bonchev–Trinajstić information content (AvgIpc) is 2.40. The van der Waals surface area contributed by atoms with Crippen LogP contribution >= 0.6 is 23.2 Å². The normalized spacial score (nSPS) is 12.0. The Hall–Kier alpha value is -1.06. The van der Waals surface area contributed by atoms with Crippen LogP contribution < -0.4 is 0 Å². The van der Waals surface area contributed by atoms with Crippen molar-refractivity contribution in [2.45, 2.75) is 33.1 Å². The lowest BCUT2D eigenvalue weighted by atomic mass is 9.93. The second-order valence-electron chi connectivity index (χ2n) is 4.47. The Kier molecular flexibility index (Phi) is 7.03. The molecule has 0 aliphatic heterocycles. The van der Waals surface area contributed by atoms with Crippen LogP contribution in [-0.4, -0.2) is 18.4 Å². The van der Waals surface area contributed by atoms with Crippen LogP contribution in [0.3, 0.4) is 0 Å². The SMILES string of the molecule is CCCC(=O)C(Cc1ccc(Cl)c(Cl)c1)C(=O)OCC. The van der Waals surface area contributed by atoms with Gasteiger partial charge in [-0.3, -0.25) is 9.59 Å². The molecule has 1 aromatic rings. The minimum absolute atomic E-state index is 0.1000. The molecule has 0 radical (unpaired) electrons. The number of carbonyl (C=O) groups is 2. The summed E-state index contributed by atoms with van der Waals surface area (Å²) in [5.41, 5.74) is 0.793. The van der Waals surface area contributed by atoms with Crippen LogP contribution in [-0.2, 0) is 20.7 Å². The molecule has 0 saturated heterocycles. The van der Waals surface area contributed by atoms with E-state index in [0.29, 0.717) is 22.9 Å². The summed E-state index contributed by atoms with van der Waals surface area (Å²) in [6, 6.07) is 5.10. The van der Waals surface area contributed by atoms with Crippen molar-refractivity contribution in [1.29, 1.82) is 0 Å². The third kappa shape index (κ3) is 4.80. The lowest BCUT2D eigenvalue weighted by Gasteiger charge is -2.14. The number of ether oxygens (including phenoxy) is 1. The molecule has 110 valence electrons. The summed E-state index contributed by atoms with van der Waals surface area (Å²) < 4.78 is 4.98. The number of Topliss-reactive ketones (excluding diaryl/α,β-unsaturated/α-hetero) is 1. The number of ketones is 1. The highest BCUT2D eigenvalue weighted by molar-refractivity contribution is 6.42. The molecule has 0 amide bonds. The highest BCUT2D eigenvalue weighted by Crippen LogP contribution is 2.24. The first-order valence-corrected chi connectivity index (χ1v) is 7.38. The molecular weight excluding hydrogens is 299 g/mol. The van der Waals surface area contributed by atoms with E-state index in [4.69, 9.17) is 27.9 Å². The monoisotopic (exact) mass is 316 g/mol. The van der Waals surface area contributed by atoms with E-state index in [2.05, 4.69) is 0 Å². The van der Waals surface area contributed by atoms with Crippen molar-refractivity contribution >= 4 is 35.0 Å². The molecule has 1 atom stereocenters. The van der Waals surface area contributed by atoms with Crippen LogP contribution in [0, 0.1) is 5.92 Å². The van der Waals surface area contributed by atoms with Crippen LogP contribution in [0.5, 0.6) is 0 Å². The van der Waals surface area contributed by atoms with Gasteiger partial charge in [-0.1, -0.05) is 36.2 Å². The van der Waals surface area contributed by atoms with Crippen molar-refractivity contribution in [2.24, 2.45) is 5.92 Å². The van der Waals surface area contributed by atoms with Crippen LogP contribution in [0.1, 0.15) is 32.3 Å². The summed E-state index contributed by atoms with van der Waals surface area (Å²) in [5, 5.41) is 0.859. The van der Waals surface area contributed by atoms with Crippen LogP contribution in [0.2, 0.25) is 10.0 Å². The topological polar surface area (TPSA) is 43.4 Å². The summed E-state index contributed by atoms with van der Waals surface area (Å²) in [6.07, 6.45) is 1.36. The van der Waals surface area contributed by atoms with E-state index < -0.39 is 11.9 Å². The zero-order valence-electron chi connectivity index (χ0n) is 11.6. The number of carbonyl (C=O) groups excluding carboxylic acids is 2. The van der Waals surface area contributed by atoms with Crippen LogP contribution in [0.15, 0.2) is 18.2 Å². The van der Waals surface area contributed by atoms with Crippen molar-refractivity contribution in [3.8, 4) is 0 Å². The zero-order valence-corrected chi connectivity index (χ0v) is 13.1. The number of halogens is 2. The molecular formula is C15H18Cl2O3. The first-order valence-electron chi connectivity index (χ1n) is 6.62. The van der Waals surface area contributed by atoms with Crippen LogP contribution in [0.4, 0.5) is 0 Å². The van der Waals surface area contributed by atoms with E-state index in [-0.39, 0.29) is 18.8 Å². The van der Waals surface area contributed by atoms with Crippen molar-refractivity contribution < 1.29 is 14.3 Å². The van der Waals surface area contributed by atoms with Gasteiger partial charge in [0.2, 0.25) is 0 Å². The second-order valence-corrected chi connectivity index (χ2v) is 5.29. The van der Waals surface area contributed by atoms with Gasteiger partial charge in [-0.2, -0.15) is 0 Å². The first-order chi connectivity index (χ1) is 9.49. The van der Waals surface area contributed by atoms with Gasteiger partial charge in [-0.25, -0.2) is 0 Å². The lowest BCUT2D eigenvalue weighted by Crippen LogP contribution is -2.28. The quantitative estimate of drug-likeness (QED) is 0.562. The number of hydrogen-bond acceptors (Lipinski definition) is 3. The van der Waals surface area contributed by atoms with Gasteiger partial charge in [0.1, 0.15) is 11.7 Å². The maximum Gasteiger partial charge on any atom is 0.316 e. The molecule has 1 unspecified atom stereocenters. The van der Waals surface area contributed by atoms with Gasteiger partial charge in [0.25, 0.3) is 0 Å². The Bertz CT molecular complexity index is 468. The van der Waals surface area contributed by atoms with E-state index >= 15 is 0 Å². The molecule has 0 aromatic heterocycles. The van der Waals surface area contributed by atoms with Gasteiger partial charge in [-0.15, -0.1) is 0 Å². The van der Waals surface area contributed by atoms with Gasteiger partial charge >= 0.3 is 5.97 Å². The van der Waals surface area contributed by atoms with Gasteiger partial charge in [-0.05, 0) is 37.5 Å². The summed E-state index contributed by atoms with van der Waals surface area (Å²) in [7, 11) is 0. The number of benzene rings is 1. The fourth-order valence-electron chi connectivity index (χ4n) is 1.89. The molecule has 1 rings (SSSR count). The van der Waals surface area contributed by atoms with E-state index in [1.54, 1.807) is 25.1 Å². The Morgan fingerprint density at radius 1 is 1.20 bits per heavy atom. The van der Waals surface area contributed by atoms with Crippen molar-refractivity contribution in [1.82, 2.24) is 0 Å². The maximum atomic E-state index is 12.1. The van der Waals surface area contributed by atoms with Gasteiger partial charge in [0.05, 0.1) is 16.7 Å². The number of hydrogen-bond donors (Lipinski definition) is 0. The average molecular weight is 317 g/mol. The van der Waals surface area contributed by atoms with E-state index in [9.17, 15) is 9.59 Å². The fraction of sp³-hybridized carbons (Fsp3) is 0.467. The smallest absolute Gasteiger partial charge is 0.316 e. The molecule has 0 heterocycles. The second kappa shape index (κ2) is 8.28. The number of esters is 1.